The van der Waals surface area contributed by atoms with Gasteiger partial charge >= 0.3 is 6.09 Å². The number of likely N-dealkylation sites (tertiary alicyclic amines) is 1. The molecule has 0 spiro atoms. The summed E-state index contributed by atoms with van der Waals surface area (Å²) in [6.45, 7) is 3.89. The van der Waals surface area contributed by atoms with E-state index < -0.39 is 16.1 Å². The van der Waals surface area contributed by atoms with Crippen LogP contribution >= 0.6 is 0 Å². The maximum absolute atomic E-state index is 13.7. The molecular formula is C28H34FN3O5S. The molecular weight excluding hydrogens is 509 g/mol. The van der Waals surface area contributed by atoms with Gasteiger partial charge in [-0.2, -0.15) is 0 Å². The van der Waals surface area contributed by atoms with Crippen LogP contribution in [0.3, 0.4) is 0 Å². The highest BCUT2D eigenvalue weighted by Gasteiger charge is 2.31. The number of carbonyl (C=O) groups excluding carboxylic acids is 1. The van der Waals surface area contributed by atoms with E-state index in [0.717, 1.165) is 61.0 Å². The molecule has 5 rings (SSSR count). The first-order valence-corrected chi connectivity index (χ1v) is 14.5. The summed E-state index contributed by atoms with van der Waals surface area (Å²) in [4.78, 5) is 16.2. The largest absolute Gasteiger partial charge is 0.464 e. The second kappa shape index (κ2) is 11.0. The molecule has 0 N–H and O–H groups in total. The topological polar surface area (TPSA) is 83.3 Å². The van der Waals surface area contributed by atoms with Crippen LogP contribution in [0.15, 0.2) is 52.0 Å². The van der Waals surface area contributed by atoms with Gasteiger partial charge in [0.25, 0.3) is 0 Å². The molecule has 2 aliphatic heterocycles. The van der Waals surface area contributed by atoms with Crippen molar-refractivity contribution in [1.82, 2.24) is 14.1 Å². The molecule has 204 valence electrons. The minimum Gasteiger partial charge on any atom is -0.464 e. The fraction of sp³-hybridized carbons (Fsp3) is 0.464. The van der Waals surface area contributed by atoms with Gasteiger partial charge in [0, 0.05) is 38.6 Å². The normalized spacial score (nSPS) is 17.2. The molecule has 1 amide bonds. The van der Waals surface area contributed by atoms with E-state index in [0.29, 0.717) is 36.5 Å². The Balaban J connectivity index is 1.16. The van der Waals surface area contributed by atoms with Crippen LogP contribution in [0.5, 0.6) is 0 Å². The Hall–Kier alpha value is -2.95. The summed E-state index contributed by atoms with van der Waals surface area (Å²) in [7, 11) is -0.647. The molecule has 1 saturated heterocycles. The molecule has 10 heteroatoms. The number of rotatable bonds is 7. The number of ether oxygens (including phenoxy) is 1. The van der Waals surface area contributed by atoms with Gasteiger partial charge < -0.3 is 19.0 Å². The van der Waals surface area contributed by atoms with Crippen LogP contribution in [0.4, 0.5) is 9.18 Å². The first-order valence-electron chi connectivity index (χ1n) is 13.0. The van der Waals surface area contributed by atoms with Crippen LogP contribution in [0.1, 0.15) is 29.5 Å². The highest BCUT2D eigenvalue weighted by atomic mass is 32.2. The third-order valence-electron chi connectivity index (χ3n) is 7.88. The van der Waals surface area contributed by atoms with E-state index in [2.05, 4.69) is 4.90 Å². The van der Waals surface area contributed by atoms with Crippen LogP contribution in [0.25, 0.3) is 11.0 Å². The number of carbonyl (C=O) groups is 1. The van der Waals surface area contributed by atoms with E-state index in [-0.39, 0.29) is 11.7 Å². The second-order valence-corrected chi connectivity index (χ2v) is 12.3. The molecule has 0 atom stereocenters. The van der Waals surface area contributed by atoms with Gasteiger partial charge in [-0.1, -0.05) is 12.1 Å². The van der Waals surface area contributed by atoms with Crippen LogP contribution in [0.2, 0.25) is 0 Å². The van der Waals surface area contributed by atoms with Crippen molar-refractivity contribution in [1.29, 1.82) is 0 Å². The Bertz CT molecular complexity index is 1420. The Morgan fingerprint density at radius 1 is 1.18 bits per heavy atom. The Morgan fingerprint density at radius 3 is 2.74 bits per heavy atom. The fourth-order valence-electron chi connectivity index (χ4n) is 5.65. The van der Waals surface area contributed by atoms with E-state index in [4.69, 9.17) is 9.15 Å². The molecule has 3 aromatic rings. The minimum atomic E-state index is -3.66. The number of furan rings is 1. The predicted molar refractivity (Wildman–Crippen MR) is 142 cm³/mol. The molecule has 0 radical (unpaired) electrons. The van der Waals surface area contributed by atoms with Crippen molar-refractivity contribution in [3.8, 4) is 0 Å². The van der Waals surface area contributed by atoms with Crippen molar-refractivity contribution < 1.29 is 26.8 Å². The number of halogens is 1. The first kappa shape index (κ1) is 26.6. The smallest absolute Gasteiger partial charge is 0.409 e. The van der Waals surface area contributed by atoms with Gasteiger partial charge in [-0.25, -0.2) is 21.9 Å². The molecule has 0 unspecified atom stereocenters. The molecule has 0 bridgehead atoms. The summed E-state index contributed by atoms with van der Waals surface area (Å²) in [5, 5.41) is 0.827. The van der Waals surface area contributed by atoms with E-state index in [1.807, 2.05) is 6.07 Å². The van der Waals surface area contributed by atoms with E-state index in [1.165, 1.54) is 23.5 Å². The highest BCUT2D eigenvalue weighted by Crippen LogP contribution is 2.29. The van der Waals surface area contributed by atoms with Gasteiger partial charge in [-0.15, -0.1) is 0 Å². The SMILES string of the molecule is COC(=O)N1CCc2c(cccc2S(=O)(=O)N(C)CC2CCN(CCc3coc4ccc(F)cc34)CC2)C1. The summed E-state index contributed by atoms with van der Waals surface area (Å²) >= 11 is 0. The monoisotopic (exact) mass is 543 g/mol. The minimum absolute atomic E-state index is 0.265. The molecule has 2 aromatic carbocycles. The lowest BCUT2D eigenvalue weighted by molar-refractivity contribution is 0.118. The molecule has 0 saturated carbocycles. The van der Waals surface area contributed by atoms with Gasteiger partial charge in [0.2, 0.25) is 10.0 Å². The lowest BCUT2D eigenvalue weighted by Gasteiger charge is -2.34. The Kier molecular flexibility index (Phi) is 7.74. The third-order valence-corrected chi connectivity index (χ3v) is 9.79. The maximum Gasteiger partial charge on any atom is 0.409 e. The highest BCUT2D eigenvalue weighted by molar-refractivity contribution is 7.89. The van der Waals surface area contributed by atoms with Crippen molar-refractivity contribution >= 4 is 27.1 Å². The van der Waals surface area contributed by atoms with E-state index in [9.17, 15) is 17.6 Å². The Morgan fingerprint density at radius 2 is 1.97 bits per heavy atom. The quantitative estimate of drug-likeness (QED) is 0.443. The first-order chi connectivity index (χ1) is 18.3. The van der Waals surface area contributed by atoms with Crippen molar-refractivity contribution in [3.63, 3.8) is 0 Å². The molecule has 1 aromatic heterocycles. The molecule has 3 heterocycles. The number of amides is 1. The molecule has 38 heavy (non-hydrogen) atoms. The second-order valence-electron chi connectivity index (χ2n) is 10.3. The number of nitrogens with zero attached hydrogens (tertiary/aromatic N) is 3. The van der Waals surface area contributed by atoms with Crippen LogP contribution in [-0.2, 0) is 34.1 Å². The standard InChI is InChI=1S/C28H34FN3O5S/c1-30(38(34,35)27-5-3-4-21-18-32(28(33)36-2)15-11-24(21)27)17-20-8-12-31(13-9-20)14-10-22-19-37-26-7-6-23(29)16-25(22)26/h3-7,16,19-20H,8-15,17-18H2,1-2H3. The van der Waals surface area contributed by atoms with Crippen molar-refractivity contribution in [2.75, 3.05) is 46.9 Å². The summed E-state index contributed by atoms with van der Waals surface area (Å²) in [6, 6.07) is 9.88. The number of piperidine rings is 1. The van der Waals surface area contributed by atoms with E-state index in [1.54, 1.807) is 36.4 Å². The average molecular weight is 544 g/mol. The predicted octanol–water partition coefficient (Wildman–Crippen LogP) is 4.27. The average Bonchev–Trinajstić information content (AvgIpc) is 3.33. The summed E-state index contributed by atoms with van der Waals surface area (Å²) in [6.07, 6.45) is 4.40. The number of fused-ring (bicyclic) bond motifs is 2. The summed E-state index contributed by atoms with van der Waals surface area (Å²) in [5.41, 5.74) is 3.34. The molecule has 0 aliphatic carbocycles. The van der Waals surface area contributed by atoms with Crippen molar-refractivity contribution in [3.05, 3.63) is 65.2 Å². The summed E-state index contributed by atoms with van der Waals surface area (Å²) in [5.74, 6) is 0.0171. The van der Waals surface area contributed by atoms with Gasteiger partial charge in [-0.05, 0) is 85.6 Å². The lowest BCUT2D eigenvalue weighted by atomic mass is 9.96. The van der Waals surface area contributed by atoms with Crippen LogP contribution in [0, 0.1) is 11.7 Å². The zero-order chi connectivity index (χ0) is 26.9. The molecule has 1 fully saturated rings. The number of hydrogen-bond acceptors (Lipinski definition) is 6. The zero-order valence-electron chi connectivity index (χ0n) is 21.9. The lowest BCUT2D eigenvalue weighted by Crippen LogP contribution is -2.40. The van der Waals surface area contributed by atoms with E-state index >= 15 is 0 Å². The van der Waals surface area contributed by atoms with Crippen molar-refractivity contribution in [2.45, 2.75) is 37.1 Å². The van der Waals surface area contributed by atoms with Crippen molar-refractivity contribution in [2.24, 2.45) is 5.92 Å². The Labute approximate surface area is 223 Å². The maximum atomic E-state index is 13.7. The zero-order valence-corrected chi connectivity index (χ0v) is 22.7. The number of methoxy groups -OCH3 is 1. The van der Waals surface area contributed by atoms with Crippen LogP contribution in [-0.4, -0.2) is 75.5 Å². The number of sulfonamides is 1. The number of benzene rings is 2. The molecule has 2 aliphatic rings. The van der Waals surface area contributed by atoms with Crippen LogP contribution < -0.4 is 0 Å². The van der Waals surface area contributed by atoms with Gasteiger partial charge in [0.1, 0.15) is 11.4 Å². The van der Waals surface area contributed by atoms with Gasteiger partial charge in [-0.3, -0.25) is 0 Å². The number of hydrogen-bond donors (Lipinski definition) is 0. The molecule has 8 nitrogen and oxygen atoms in total. The third kappa shape index (κ3) is 5.43. The fourth-order valence-corrected chi connectivity index (χ4v) is 7.19. The van der Waals surface area contributed by atoms with Gasteiger partial charge in [0.05, 0.1) is 18.3 Å². The van der Waals surface area contributed by atoms with Gasteiger partial charge in [0.15, 0.2) is 0 Å². The summed E-state index contributed by atoms with van der Waals surface area (Å²) < 4.78 is 52.6.